The Morgan fingerprint density at radius 3 is 2.59 bits per heavy atom. The highest BCUT2D eigenvalue weighted by Gasteiger charge is 2.30. The third-order valence-corrected chi connectivity index (χ3v) is 3.62. The first-order valence-electron chi connectivity index (χ1n) is 7.45. The summed E-state index contributed by atoms with van der Waals surface area (Å²) in [6.45, 7) is 0.814. The minimum atomic E-state index is -0.283. The van der Waals surface area contributed by atoms with Crippen LogP contribution in [0.15, 0.2) is 24.3 Å². The minimum Gasteiger partial charge on any atom is -0.326 e. The van der Waals surface area contributed by atoms with Crippen molar-refractivity contribution in [1.29, 1.82) is 0 Å². The molecule has 1 unspecified atom stereocenters. The van der Waals surface area contributed by atoms with Crippen molar-refractivity contribution < 1.29 is 14.4 Å². The second kappa shape index (κ2) is 7.70. The van der Waals surface area contributed by atoms with E-state index >= 15 is 0 Å². The zero-order valence-corrected chi connectivity index (χ0v) is 12.6. The van der Waals surface area contributed by atoms with E-state index in [1.807, 2.05) is 31.3 Å². The van der Waals surface area contributed by atoms with Gasteiger partial charge in [-0.25, -0.2) is 0 Å². The van der Waals surface area contributed by atoms with Crippen LogP contribution in [0.2, 0.25) is 0 Å². The number of carbonyl (C=O) groups excluding carboxylic acids is 3. The number of amides is 3. The molecule has 22 heavy (non-hydrogen) atoms. The zero-order chi connectivity index (χ0) is 15.9. The first-order valence-corrected chi connectivity index (χ1v) is 7.45. The van der Waals surface area contributed by atoms with E-state index < -0.39 is 0 Å². The average Bonchev–Trinajstić information content (AvgIpc) is 2.79. The van der Waals surface area contributed by atoms with Crippen LogP contribution in [0.25, 0.3) is 0 Å². The van der Waals surface area contributed by atoms with E-state index in [4.69, 9.17) is 0 Å². The van der Waals surface area contributed by atoms with Gasteiger partial charge in [-0.1, -0.05) is 12.1 Å². The Kier molecular flexibility index (Phi) is 5.66. The van der Waals surface area contributed by atoms with Gasteiger partial charge in [-0.05, 0) is 44.1 Å². The number of carbonyl (C=O) groups is 3. The molecule has 1 fully saturated rings. The summed E-state index contributed by atoms with van der Waals surface area (Å²) in [6.07, 6.45) is 2.06. The lowest BCUT2D eigenvalue weighted by Gasteiger charge is -2.08. The normalized spacial score (nSPS) is 17.4. The number of imide groups is 1. The van der Waals surface area contributed by atoms with Gasteiger partial charge >= 0.3 is 0 Å². The smallest absolute Gasteiger partial charge is 0.230 e. The lowest BCUT2D eigenvalue weighted by Crippen LogP contribution is -2.22. The van der Waals surface area contributed by atoms with Crippen LogP contribution in [0.5, 0.6) is 0 Å². The number of hydrogen-bond acceptors (Lipinski definition) is 4. The third-order valence-electron chi connectivity index (χ3n) is 3.62. The first-order chi connectivity index (χ1) is 10.6. The number of anilines is 1. The lowest BCUT2D eigenvalue weighted by molar-refractivity contribution is -0.125. The largest absolute Gasteiger partial charge is 0.326 e. The van der Waals surface area contributed by atoms with E-state index in [-0.39, 0.29) is 30.1 Å². The van der Waals surface area contributed by atoms with Crippen molar-refractivity contribution in [1.82, 2.24) is 10.6 Å². The maximum atomic E-state index is 11.7. The van der Waals surface area contributed by atoms with Crippen LogP contribution >= 0.6 is 0 Å². The van der Waals surface area contributed by atoms with E-state index in [2.05, 4.69) is 16.0 Å². The highest BCUT2D eigenvalue weighted by molar-refractivity contribution is 6.03. The highest BCUT2D eigenvalue weighted by atomic mass is 16.2. The Morgan fingerprint density at radius 2 is 2.00 bits per heavy atom. The molecule has 1 saturated heterocycles. The molecule has 2 rings (SSSR count). The van der Waals surface area contributed by atoms with E-state index in [0.29, 0.717) is 12.8 Å². The van der Waals surface area contributed by atoms with Crippen molar-refractivity contribution in [2.75, 3.05) is 18.9 Å². The van der Waals surface area contributed by atoms with E-state index in [1.165, 1.54) is 0 Å². The summed E-state index contributed by atoms with van der Waals surface area (Å²) in [7, 11) is 1.86. The molecular weight excluding hydrogens is 282 g/mol. The Bertz CT molecular complexity index is 554. The molecule has 0 radical (unpaired) electrons. The molecule has 0 spiro atoms. The topological polar surface area (TPSA) is 87.3 Å². The average molecular weight is 303 g/mol. The second-order valence-electron chi connectivity index (χ2n) is 5.47. The molecule has 6 nitrogen and oxygen atoms in total. The van der Waals surface area contributed by atoms with Gasteiger partial charge in [0.15, 0.2) is 0 Å². The molecule has 1 aliphatic rings. The number of hydrogen-bond donors (Lipinski definition) is 3. The predicted octanol–water partition coefficient (Wildman–Crippen LogP) is 0.830. The Balaban J connectivity index is 1.84. The van der Waals surface area contributed by atoms with Crippen LogP contribution in [0.1, 0.15) is 24.8 Å². The maximum Gasteiger partial charge on any atom is 0.230 e. The summed E-state index contributed by atoms with van der Waals surface area (Å²) in [5, 5.41) is 8.15. The van der Waals surface area contributed by atoms with Crippen LogP contribution < -0.4 is 16.0 Å². The van der Waals surface area contributed by atoms with Crippen LogP contribution in [-0.4, -0.2) is 31.3 Å². The van der Waals surface area contributed by atoms with Crippen molar-refractivity contribution in [3.8, 4) is 0 Å². The molecule has 1 heterocycles. The second-order valence-corrected chi connectivity index (χ2v) is 5.47. The summed E-state index contributed by atoms with van der Waals surface area (Å²) in [4.78, 5) is 34.4. The molecule has 6 heteroatoms. The van der Waals surface area contributed by atoms with Crippen LogP contribution in [0, 0.1) is 5.92 Å². The summed E-state index contributed by atoms with van der Waals surface area (Å²) in [5.41, 5.74) is 1.72. The molecule has 0 aliphatic carbocycles. The van der Waals surface area contributed by atoms with E-state index in [1.54, 1.807) is 0 Å². The Hall–Kier alpha value is -2.21. The van der Waals surface area contributed by atoms with Crippen molar-refractivity contribution in [2.24, 2.45) is 5.92 Å². The van der Waals surface area contributed by atoms with Gasteiger partial charge in [0.25, 0.3) is 0 Å². The number of benzene rings is 1. The quantitative estimate of drug-likeness (QED) is 0.514. The minimum absolute atomic E-state index is 0.0104. The van der Waals surface area contributed by atoms with Crippen molar-refractivity contribution in [3.05, 3.63) is 29.8 Å². The van der Waals surface area contributed by atoms with Crippen molar-refractivity contribution >= 4 is 23.4 Å². The molecule has 1 aromatic carbocycles. The molecule has 1 atom stereocenters. The fourth-order valence-electron chi connectivity index (χ4n) is 2.43. The number of nitrogens with one attached hydrogen (secondary N) is 3. The third kappa shape index (κ3) is 4.66. The lowest BCUT2D eigenvalue weighted by atomic mass is 9.98. The van der Waals surface area contributed by atoms with Gasteiger partial charge in [0.2, 0.25) is 17.7 Å². The van der Waals surface area contributed by atoms with Gasteiger partial charge in [-0.2, -0.15) is 0 Å². The first kappa shape index (κ1) is 16.2. The van der Waals surface area contributed by atoms with Gasteiger partial charge in [-0.15, -0.1) is 0 Å². The molecule has 118 valence electrons. The molecule has 0 aromatic heterocycles. The molecule has 3 amide bonds. The van der Waals surface area contributed by atoms with E-state index in [0.717, 1.165) is 24.2 Å². The van der Waals surface area contributed by atoms with Crippen molar-refractivity contribution in [3.63, 3.8) is 0 Å². The molecule has 1 aromatic rings. The summed E-state index contributed by atoms with van der Waals surface area (Å²) < 4.78 is 0. The SMILES string of the molecule is CNCCCC(=O)Nc1ccc(CC2CC(=O)NC2=O)cc1. The highest BCUT2D eigenvalue weighted by Crippen LogP contribution is 2.19. The van der Waals surface area contributed by atoms with Gasteiger partial charge in [0.05, 0.1) is 5.92 Å². The molecule has 0 bridgehead atoms. The molecular formula is C16H21N3O3. The Morgan fingerprint density at radius 1 is 1.27 bits per heavy atom. The summed E-state index contributed by atoms with van der Waals surface area (Å²) in [6, 6.07) is 7.39. The van der Waals surface area contributed by atoms with Crippen LogP contribution in [-0.2, 0) is 20.8 Å². The van der Waals surface area contributed by atoms with Crippen LogP contribution in [0.4, 0.5) is 5.69 Å². The van der Waals surface area contributed by atoms with Gasteiger partial charge in [0.1, 0.15) is 0 Å². The summed E-state index contributed by atoms with van der Waals surface area (Å²) in [5.74, 6) is -0.703. The zero-order valence-electron chi connectivity index (χ0n) is 12.6. The fraction of sp³-hybridized carbons (Fsp3) is 0.438. The number of rotatable bonds is 7. The van der Waals surface area contributed by atoms with Gasteiger partial charge in [0, 0.05) is 18.5 Å². The van der Waals surface area contributed by atoms with Crippen LogP contribution in [0.3, 0.4) is 0 Å². The maximum absolute atomic E-state index is 11.7. The fourth-order valence-corrected chi connectivity index (χ4v) is 2.43. The molecule has 3 N–H and O–H groups in total. The standard InChI is InChI=1S/C16H21N3O3/c1-17-8-2-3-14(20)18-13-6-4-11(5-7-13)9-12-10-15(21)19-16(12)22/h4-7,12,17H,2-3,8-10H2,1H3,(H,18,20)(H,19,21,22). The van der Waals surface area contributed by atoms with Gasteiger partial charge < -0.3 is 10.6 Å². The van der Waals surface area contributed by atoms with Gasteiger partial charge in [-0.3, -0.25) is 19.7 Å². The Labute approximate surface area is 129 Å². The predicted molar refractivity (Wildman–Crippen MR) is 83.2 cm³/mol. The monoisotopic (exact) mass is 303 g/mol. The van der Waals surface area contributed by atoms with Crippen molar-refractivity contribution in [2.45, 2.75) is 25.7 Å². The molecule has 0 saturated carbocycles. The molecule has 1 aliphatic heterocycles. The summed E-state index contributed by atoms with van der Waals surface area (Å²) >= 11 is 0. The van der Waals surface area contributed by atoms with E-state index in [9.17, 15) is 14.4 Å².